The van der Waals surface area contributed by atoms with E-state index in [1.165, 1.54) is 0 Å². The Morgan fingerprint density at radius 3 is 2.37 bits per heavy atom. The number of nitrogens with zero attached hydrogens (tertiary/aromatic N) is 2. The van der Waals surface area contributed by atoms with Crippen LogP contribution in [0.1, 0.15) is 18.9 Å². The van der Waals surface area contributed by atoms with Gasteiger partial charge in [0.2, 0.25) is 0 Å². The SMILES string of the molecule is CCN(CCCN(C)C)Cc1ccccc1B(O)O. The molecule has 1 rings (SSSR count). The first kappa shape index (κ1) is 16.2. The summed E-state index contributed by atoms with van der Waals surface area (Å²) in [5.41, 5.74) is 1.60. The Labute approximate surface area is 116 Å². The van der Waals surface area contributed by atoms with E-state index >= 15 is 0 Å². The normalized spacial score (nSPS) is 11.3. The molecule has 0 heterocycles. The molecular weight excluding hydrogens is 239 g/mol. The van der Waals surface area contributed by atoms with Crippen molar-refractivity contribution in [3.63, 3.8) is 0 Å². The van der Waals surface area contributed by atoms with Crippen molar-refractivity contribution in [3.8, 4) is 0 Å². The van der Waals surface area contributed by atoms with Crippen molar-refractivity contribution in [3.05, 3.63) is 29.8 Å². The van der Waals surface area contributed by atoms with Crippen LogP contribution in [0.4, 0.5) is 0 Å². The molecule has 0 saturated carbocycles. The van der Waals surface area contributed by atoms with E-state index < -0.39 is 7.12 Å². The van der Waals surface area contributed by atoms with E-state index in [0.717, 1.165) is 38.2 Å². The van der Waals surface area contributed by atoms with Crippen LogP contribution in [0.2, 0.25) is 0 Å². The van der Waals surface area contributed by atoms with Crippen LogP contribution in [0.25, 0.3) is 0 Å². The fraction of sp³-hybridized carbons (Fsp3) is 0.571. The maximum Gasteiger partial charge on any atom is 0.488 e. The van der Waals surface area contributed by atoms with Crippen molar-refractivity contribution in [2.45, 2.75) is 19.9 Å². The lowest BCUT2D eigenvalue weighted by atomic mass is 9.77. The van der Waals surface area contributed by atoms with Gasteiger partial charge in [-0.2, -0.15) is 0 Å². The predicted octanol–water partition coefficient (Wildman–Crippen LogP) is 0.140. The first-order valence-corrected chi connectivity index (χ1v) is 6.85. The molecule has 0 radical (unpaired) electrons. The summed E-state index contributed by atoms with van der Waals surface area (Å²) in [6, 6.07) is 7.51. The molecule has 0 aliphatic heterocycles. The Bertz CT molecular complexity index is 372. The topological polar surface area (TPSA) is 46.9 Å². The van der Waals surface area contributed by atoms with Crippen molar-refractivity contribution in [2.24, 2.45) is 0 Å². The van der Waals surface area contributed by atoms with Crippen LogP contribution in [0.15, 0.2) is 24.3 Å². The van der Waals surface area contributed by atoms with Crippen LogP contribution < -0.4 is 5.46 Å². The lowest BCUT2D eigenvalue weighted by molar-refractivity contribution is 0.259. The minimum Gasteiger partial charge on any atom is -0.423 e. The molecule has 5 heteroatoms. The Balaban J connectivity index is 2.60. The van der Waals surface area contributed by atoms with Crippen molar-refractivity contribution in [1.29, 1.82) is 0 Å². The van der Waals surface area contributed by atoms with Gasteiger partial charge < -0.3 is 14.9 Å². The van der Waals surface area contributed by atoms with Crippen LogP contribution in [0.3, 0.4) is 0 Å². The number of benzene rings is 1. The summed E-state index contributed by atoms with van der Waals surface area (Å²) in [7, 11) is 2.76. The first-order chi connectivity index (χ1) is 9.04. The van der Waals surface area contributed by atoms with Crippen LogP contribution in [0.5, 0.6) is 0 Å². The van der Waals surface area contributed by atoms with E-state index in [0.29, 0.717) is 5.46 Å². The second-order valence-electron chi connectivity index (χ2n) is 5.10. The molecule has 0 amide bonds. The van der Waals surface area contributed by atoms with Gasteiger partial charge in [-0.1, -0.05) is 31.2 Å². The molecule has 106 valence electrons. The summed E-state index contributed by atoms with van der Waals surface area (Å²) in [5.74, 6) is 0. The highest BCUT2D eigenvalue weighted by Crippen LogP contribution is 2.04. The Morgan fingerprint density at radius 1 is 1.11 bits per heavy atom. The van der Waals surface area contributed by atoms with Gasteiger partial charge in [0, 0.05) is 6.54 Å². The quantitative estimate of drug-likeness (QED) is 0.656. The zero-order chi connectivity index (χ0) is 14.3. The fourth-order valence-corrected chi connectivity index (χ4v) is 2.13. The summed E-state index contributed by atoms with van der Waals surface area (Å²) in [4.78, 5) is 4.50. The first-order valence-electron chi connectivity index (χ1n) is 6.85. The minimum absolute atomic E-state index is 0.605. The molecule has 0 aliphatic rings. The number of rotatable bonds is 8. The highest BCUT2D eigenvalue weighted by Gasteiger charge is 2.16. The third-order valence-corrected chi connectivity index (χ3v) is 3.25. The monoisotopic (exact) mass is 264 g/mol. The van der Waals surface area contributed by atoms with E-state index in [4.69, 9.17) is 0 Å². The van der Waals surface area contributed by atoms with E-state index in [1.807, 2.05) is 18.2 Å². The van der Waals surface area contributed by atoms with Crippen LogP contribution >= 0.6 is 0 Å². The summed E-state index contributed by atoms with van der Waals surface area (Å²) in [5, 5.41) is 18.7. The molecule has 19 heavy (non-hydrogen) atoms. The molecule has 0 saturated heterocycles. The van der Waals surface area contributed by atoms with Crippen LogP contribution in [-0.2, 0) is 6.54 Å². The van der Waals surface area contributed by atoms with E-state index in [-0.39, 0.29) is 0 Å². The molecule has 0 spiro atoms. The molecular formula is C14H25BN2O2. The van der Waals surface area contributed by atoms with Crippen molar-refractivity contribution >= 4 is 12.6 Å². The molecule has 0 fully saturated rings. The van der Waals surface area contributed by atoms with Gasteiger partial charge >= 0.3 is 7.12 Å². The molecule has 0 bridgehead atoms. The molecule has 0 unspecified atom stereocenters. The van der Waals surface area contributed by atoms with Gasteiger partial charge in [0.25, 0.3) is 0 Å². The maximum absolute atomic E-state index is 9.37. The van der Waals surface area contributed by atoms with Gasteiger partial charge in [0.1, 0.15) is 0 Å². The number of hydrogen-bond donors (Lipinski definition) is 2. The van der Waals surface area contributed by atoms with E-state index in [1.54, 1.807) is 6.07 Å². The van der Waals surface area contributed by atoms with Gasteiger partial charge in [-0.15, -0.1) is 0 Å². The average Bonchev–Trinajstić information content (AvgIpc) is 2.37. The second kappa shape index (κ2) is 8.33. The predicted molar refractivity (Wildman–Crippen MR) is 80.4 cm³/mol. The van der Waals surface area contributed by atoms with Gasteiger partial charge in [0.15, 0.2) is 0 Å². The Morgan fingerprint density at radius 2 is 1.79 bits per heavy atom. The summed E-state index contributed by atoms with van der Waals surface area (Å²) in [6.07, 6.45) is 1.12. The molecule has 1 aromatic carbocycles. The summed E-state index contributed by atoms with van der Waals surface area (Å²) in [6.45, 7) is 5.94. The zero-order valence-corrected chi connectivity index (χ0v) is 12.2. The fourth-order valence-electron chi connectivity index (χ4n) is 2.13. The molecule has 1 aromatic rings. The molecule has 2 N–H and O–H groups in total. The second-order valence-corrected chi connectivity index (χ2v) is 5.10. The number of hydrogen-bond acceptors (Lipinski definition) is 4. The zero-order valence-electron chi connectivity index (χ0n) is 12.2. The largest absolute Gasteiger partial charge is 0.488 e. The lowest BCUT2D eigenvalue weighted by Crippen LogP contribution is -2.36. The summed E-state index contributed by atoms with van der Waals surface area (Å²) >= 11 is 0. The van der Waals surface area contributed by atoms with E-state index in [2.05, 4.69) is 30.8 Å². The smallest absolute Gasteiger partial charge is 0.423 e. The average molecular weight is 264 g/mol. The molecule has 4 nitrogen and oxygen atoms in total. The maximum atomic E-state index is 9.37. The van der Waals surface area contributed by atoms with Crippen molar-refractivity contribution in [1.82, 2.24) is 9.80 Å². The van der Waals surface area contributed by atoms with Crippen LogP contribution in [0, 0.1) is 0 Å². The Kier molecular flexibility index (Phi) is 7.09. The summed E-state index contributed by atoms with van der Waals surface area (Å²) < 4.78 is 0. The lowest BCUT2D eigenvalue weighted by Gasteiger charge is -2.22. The van der Waals surface area contributed by atoms with Crippen LogP contribution in [-0.4, -0.2) is 60.7 Å². The highest BCUT2D eigenvalue weighted by atomic mass is 16.4. The van der Waals surface area contributed by atoms with Gasteiger partial charge in [-0.05, 0) is 51.2 Å². The molecule has 0 aliphatic carbocycles. The molecule has 0 aromatic heterocycles. The highest BCUT2D eigenvalue weighted by molar-refractivity contribution is 6.59. The van der Waals surface area contributed by atoms with Gasteiger partial charge in [-0.25, -0.2) is 0 Å². The van der Waals surface area contributed by atoms with Gasteiger partial charge in [-0.3, -0.25) is 4.90 Å². The van der Waals surface area contributed by atoms with Gasteiger partial charge in [0.05, 0.1) is 0 Å². The third-order valence-electron chi connectivity index (χ3n) is 3.25. The van der Waals surface area contributed by atoms with E-state index in [9.17, 15) is 10.0 Å². The minimum atomic E-state index is -1.39. The third kappa shape index (κ3) is 5.74. The van der Waals surface area contributed by atoms with Crippen molar-refractivity contribution < 1.29 is 10.0 Å². The Hall–Kier alpha value is -0.875. The van der Waals surface area contributed by atoms with Crippen molar-refractivity contribution in [2.75, 3.05) is 33.7 Å². The standard InChI is InChI=1S/C14H25BN2O2/c1-4-17(11-7-10-16(2)3)12-13-8-5-6-9-14(13)15(18)19/h5-6,8-9,18-19H,4,7,10-12H2,1-3H3. The molecule has 0 atom stereocenters.